The average molecular weight is 418 g/mol. The van der Waals surface area contributed by atoms with Gasteiger partial charge in [0.2, 0.25) is 0 Å². The Kier molecular flexibility index (Phi) is 8.96. The number of ether oxygens (including phenoxy) is 1. The molecule has 0 bridgehead atoms. The van der Waals surface area contributed by atoms with E-state index < -0.39 is 0 Å². The zero-order valence-corrected chi connectivity index (χ0v) is 18.4. The molecule has 29 heavy (non-hydrogen) atoms. The van der Waals surface area contributed by atoms with Crippen LogP contribution in [-0.2, 0) is 11.2 Å². The molecular weight excluding hydrogens is 386 g/mol. The van der Waals surface area contributed by atoms with Crippen molar-refractivity contribution in [2.24, 2.45) is 0 Å². The van der Waals surface area contributed by atoms with Crippen molar-refractivity contribution in [1.29, 1.82) is 0 Å². The van der Waals surface area contributed by atoms with E-state index in [1.54, 1.807) is 0 Å². The molecule has 1 atom stereocenters. The molecule has 0 spiro atoms. The molecule has 0 aliphatic carbocycles. The number of benzene rings is 2. The second-order valence-electron chi connectivity index (χ2n) is 6.93. The molecule has 0 fully saturated rings. The third-order valence-electron chi connectivity index (χ3n) is 5.33. The van der Waals surface area contributed by atoms with Crippen LogP contribution in [0.2, 0.25) is 0 Å². The van der Waals surface area contributed by atoms with Gasteiger partial charge in [0.15, 0.2) is 0 Å². The van der Waals surface area contributed by atoms with E-state index in [1.165, 1.54) is 0 Å². The standard InChI is InChI=1S/C23H31N3O2.ClH/c1-4-25(5-2)16-15-24-23(27)26-20-13-9-7-11-18(20)17-22(28-6-3)19-12-8-10-14-21(19)26;/h7-14,22H,4-6,15-17H2,1-3H3,(H,24,27);1H. The molecule has 2 amide bonds. The highest BCUT2D eigenvalue weighted by Gasteiger charge is 2.30. The molecule has 1 aliphatic heterocycles. The van der Waals surface area contributed by atoms with Crippen molar-refractivity contribution >= 4 is 29.8 Å². The number of carbonyl (C=O) groups is 1. The van der Waals surface area contributed by atoms with E-state index in [-0.39, 0.29) is 24.5 Å². The Morgan fingerprint density at radius 2 is 1.72 bits per heavy atom. The number of rotatable bonds is 7. The zero-order chi connectivity index (χ0) is 19.9. The van der Waals surface area contributed by atoms with Crippen LogP contribution in [0.3, 0.4) is 0 Å². The number of urea groups is 1. The van der Waals surface area contributed by atoms with Crippen LogP contribution in [0.1, 0.15) is 38.0 Å². The largest absolute Gasteiger partial charge is 0.373 e. The monoisotopic (exact) mass is 417 g/mol. The first-order valence-electron chi connectivity index (χ1n) is 10.3. The lowest BCUT2D eigenvalue weighted by Gasteiger charge is -2.26. The van der Waals surface area contributed by atoms with E-state index in [0.29, 0.717) is 13.2 Å². The van der Waals surface area contributed by atoms with Crippen LogP contribution in [0.25, 0.3) is 0 Å². The second kappa shape index (κ2) is 11.2. The van der Waals surface area contributed by atoms with Gasteiger partial charge in [-0.05, 0) is 37.7 Å². The van der Waals surface area contributed by atoms with Crippen LogP contribution in [0.4, 0.5) is 16.2 Å². The molecule has 1 aliphatic rings. The minimum atomic E-state index is -0.0933. The number of amides is 2. The lowest BCUT2D eigenvalue weighted by Crippen LogP contribution is -2.41. The summed E-state index contributed by atoms with van der Waals surface area (Å²) in [6, 6.07) is 16.1. The summed E-state index contributed by atoms with van der Waals surface area (Å²) in [4.78, 5) is 17.4. The van der Waals surface area contributed by atoms with Crippen molar-refractivity contribution < 1.29 is 9.53 Å². The molecule has 6 heteroatoms. The smallest absolute Gasteiger partial charge is 0.326 e. The predicted octanol–water partition coefficient (Wildman–Crippen LogP) is 4.93. The molecule has 0 saturated heterocycles. The van der Waals surface area contributed by atoms with Crippen molar-refractivity contribution in [2.75, 3.05) is 37.7 Å². The first-order valence-corrected chi connectivity index (χ1v) is 10.3. The van der Waals surface area contributed by atoms with Gasteiger partial charge in [0.1, 0.15) is 0 Å². The van der Waals surface area contributed by atoms with Crippen molar-refractivity contribution in [3.05, 3.63) is 59.7 Å². The van der Waals surface area contributed by atoms with E-state index >= 15 is 0 Å². The number of halogens is 1. The SMILES string of the molecule is CCOC1Cc2ccccc2N(C(=O)NCCN(CC)CC)c2ccccc21.Cl. The van der Waals surface area contributed by atoms with Gasteiger partial charge in [0.05, 0.1) is 17.5 Å². The average Bonchev–Trinajstić information content (AvgIpc) is 2.86. The number of para-hydroxylation sites is 2. The molecule has 0 aromatic heterocycles. The Morgan fingerprint density at radius 1 is 1.07 bits per heavy atom. The Balaban J connectivity index is 0.00000300. The normalized spacial score (nSPS) is 15.2. The summed E-state index contributed by atoms with van der Waals surface area (Å²) in [7, 11) is 0. The molecule has 1 unspecified atom stereocenters. The number of anilines is 2. The number of nitrogens with zero attached hydrogens (tertiary/aromatic N) is 2. The molecular formula is C23H32ClN3O2. The van der Waals surface area contributed by atoms with Gasteiger partial charge in [-0.1, -0.05) is 50.2 Å². The van der Waals surface area contributed by atoms with Gasteiger partial charge in [-0.25, -0.2) is 4.79 Å². The minimum absolute atomic E-state index is 0. The van der Waals surface area contributed by atoms with E-state index in [1.807, 2.05) is 48.2 Å². The summed E-state index contributed by atoms with van der Waals surface area (Å²) >= 11 is 0. The van der Waals surface area contributed by atoms with Crippen LogP contribution >= 0.6 is 12.4 Å². The summed E-state index contributed by atoms with van der Waals surface area (Å²) in [6.07, 6.45) is 0.695. The third kappa shape index (κ3) is 5.30. The van der Waals surface area contributed by atoms with E-state index in [4.69, 9.17) is 4.74 Å². The lowest BCUT2D eigenvalue weighted by atomic mass is 10.0. The van der Waals surface area contributed by atoms with Crippen molar-refractivity contribution in [1.82, 2.24) is 10.2 Å². The molecule has 3 rings (SSSR count). The highest BCUT2D eigenvalue weighted by Crippen LogP contribution is 2.41. The van der Waals surface area contributed by atoms with Gasteiger partial charge in [0, 0.05) is 31.7 Å². The topological polar surface area (TPSA) is 44.8 Å². The quantitative estimate of drug-likeness (QED) is 0.694. The molecule has 1 N–H and O–H groups in total. The fourth-order valence-electron chi connectivity index (χ4n) is 3.81. The number of hydrogen-bond acceptors (Lipinski definition) is 3. The Hall–Kier alpha value is -2.08. The van der Waals surface area contributed by atoms with Crippen molar-refractivity contribution in [2.45, 2.75) is 33.3 Å². The Morgan fingerprint density at radius 3 is 2.41 bits per heavy atom. The maximum absolute atomic E-state index is 13.3. The Labute approximate surface area is 180 Å². The van der Waals surface area contributed by atoms with Crippen LogP contribution in [0, 0.1) is 0 Å². The molecule has 158 valence electrons. The van der Waals surface area contributed by atoms with Gasteiger partial charge in [0.25, 0.3) is 0 Å². The number of hydrogen-bond donors (Lipinski definition) is 1. The Bertz CT molecular complexity index is 795. The molecule has 0 radical (unpaired) electrons. The fourth-order valence-corrected chi connectivity index (χ4v) is 3.81. The summed E-state index contributed by atoms with van der Waals surface area (Å²) < 4.78 is 6.05. The first kappa shape index (κ1) is 23.2. The number of nitrogens with one attached hydrogen (secondary N) is 1. The van der Waals surface area contributed by atoms with E-state index in [9.17, 15) is 4.79 Å². The fraction of sp³-hybridized carbons (Fsp3) is 0.435. The number of carbonyl (C=O) groups excluding carboxylic acids is 1. The van der Waals surface area contributed by atoms with Crippen LogP contribution < -0.4 is 10.2 Å². The third-order valence-corrected chi connectivity index (χ3v) is 5.33. The van der Waals surface area contributed by atoms with Gasteiger partial charge in [-0.2, -0.15) is 0 Å². The second-order valence-corrected chi connectivity index (χ2v) is 6.93. The number of fused-ring (bicyclic) bond motifs is 2. The van der Waals surface area contributed by atoms with Gasteiger partial charge in [-0.3, -0.25) is 4.90 Å². The van der Waals surface area contributed by atoms with E-state index in [2.05, 4.69) is 36.2 Å². The summed E-state index contributed by atoms with van der Waals surface area (Å²) in [6.45, 7) is 10.4. The van der Waals surface area contributed by atoms with Crippen LogP contribution in [-0.4, -0.2) is 43.7 Å². The highest BCUT2D eigenvalue weighted by molar-refractivity contribution is 6.01. The van der Waals surface area contributed by atoms with Crippen LogP contribution in [0.5, 0.6) is 0 Å². The maximum atomic E-state index is 13.3. The first-order chi connectivity index (χ1) is 13.7. The predicted molar refractivity (Wildman–Crippen MR) is 122 cm³/mol. The zero-order valence-electron chi connectivity index (χ0n) is 17.6. The maximum Gasteiger partial charge on any atom is 0.326 e. The summed E-state index contributed by atoms with van der Waals surface area (Å²) in [5.74, 6) is 0. The summed E-state index contributed by atoms with van der Waals surface area (Å²) in [5.41, 5.74) is 4.00. The molecule has 2 aromatic rings. The van der Waals surface area contributed by atoms with Crippen molar-refractivity contribution in [3.8, 4) is 0 Å². The number of likely N-dealkylation sites (N-methyl/N-ethyl adjacent to an activating group) is 1. The summed E-state index contributed by atoms with van der Waals surface area (Å²) in [5, 5.41) is 3.11. The molecule has 1 heterocycles. The van der Waals surface area contributed by atoms with Crippen molar-refractivity contribution in [3.63, 3.8) is 0 Å². The van der Waals surface area contributed by atoms with Gasteiger partial charge >= 0.3 is 6.03 Å². The van der Waals surface area contributed by atoms with Gasteiger partial charge < -0.3 is 15.0 Å². The van der Waals surface area contributed by atoms with E-state index in [0.717, 1.165) is 48.6 Å². The molecule has 2 aromatic carbocycles. The van der Waals surface area contributed by atoms with Crippen LogP contribution in [0.15, 0.2) is 48.5 Å². The van der Waals surface area contributed by atoms with Gasteiger partial charge in [-0.15, -0.1) is 12.4 Å². The highest BCUT2D eigenvalue weighted by atomic mass is 35.5. The molecule has 5 nitrogen and oxygen atoms in total. The lowest BCUT2D eigenvalue weighted by molar-refractivity contribution is 0.0638. The minimum Gasteiger partial charge on any atom is -0.373 e. The molecule has 0 saturated carbocycles.